The number of aryl methyl sites for hydroxylation is 1. The summed E-state index contributed by atoms with van der Waals surface area (Å²) in [7, 11) is 1.59. The van der Waals surface area contributed by atoms with Gasteiger partial charge in [0.15, 0.2) is 4.34 Å². The van der Waals surface area contributed by atoms with E-state index in [-0.39, 0.29) is 11.2 Å². The monoisotopic (exact) mass is 434 g/mol. The molecule has 0 fully saturated rings. The zero-order valence-corrected chi connectivity index (χ0v) is 18.3. The third-order valence-electron chi connectivity index (χ3n) is 3.89. The number of aromatic nitrogens is 2. The number of thioether (sulfide) groups is 1. The zero-order chi connectivity index (χ0) is 19.9. The maximum atomic E-state index is 12.6. The molecule has 0 saturated heterocycles. The molecule has 0 aliphatic rings. The maximum absolute atomic E-state index is 12.6. The molecular formula is C19H22N4O2S3. The van der Waals surface area contributed by atoms with Gasteiger partial charge in [0.2, 0.25) is 11.0 Å². The topological polar surface area (TPSA) is 76.1 Å². The highest BCUT2D eigenvalue weighted by atomic mass is 32.2. The van der Waals surface area contributed by atoms with Crippen LogP contribution < -0.4 is 15.4 Å². The van der Waals surface area contributed by atoms with Crippen LogP contribution in [0.3, 0.4) is 0 Å². The van der Waals surface area contributed by atoms with E-state index < -0.39 is 0 Å². The van der Waals surface area contributed by atoms with Crippen molar-refractivity contribution in [1.29, 1.82) is 0 Å². The average molecular weight is 435 g/mol. The van der Waals surface area contributed by atoms with Crippen LogP contribution in [0.15, 0.2) is 40.1 Å². The molecular weight excluding hydrogens is 412 g/mol. The number of nitrogens with zero attached hydrogens (tertiary/aromatic N) is 2. The molecule has 0 aliphatic heterocycles. The van der Waals surface area contributed by atoms with Crippen molar-refractivity contribution in [2.24, 2.45) is 0 Å². The molecule has 3 rings (SSSR count). The number of benzene rings is 1. The number of amides is 1. The minimum Gasteiger partial charge on any atom is -0.495 e. The second-order valence-corrected chi connectivity index (χ2v) is 9.68. The summed E-state index contributed by atoms with van der Waals surface area (Å²) in [6, 6.07) is 9.87. The molecule has 148 valence electrons. The molecule has 1 unspecified atom stereocenters. The first-order valence-electron chi connectivity index (χ1n) is 8.77. The molecule has 2 N–H and O–H groups in total. The van der Waals surface area contributed by atoms with Crippen molar-refractivity contribution in [2.45, 2.75) is 29.9 Å². The molecule has 0 aliphatic carbocycles. The van der Waals surface area contributed by atoms with Gasteiger partial charge in [-0.15, -0.1) is 21.5 Å². The van der Waals surface area contributed by atoms with Gasteiger partial charge in [-0.05, 0) is 49.4 Å². The van der Waals surface area contributed by atoms with E-state index in [4.69, 9.17) is 4.74 Å². The van der Waals surface area contributed by atoms with Crippen molar-refractivity contribution in [3.8, 4) is 5.75 Å². The number of carbonyl (C=O) groups is 1. The molecule has 2 heterocycles. The molecule has 1 amide bonds. The lowest BCUT2D eigenvalue weighted by Crippen LogP contribution is -2.22. The van der Waals surface area contributed by atoms with Gasteiger partial charge in [0.1, 0.15) is 5.75 Å². The summed E-state index contributed by atoms with van der Waals surface area (Å²) in [5.74, 6) is 0.542. The van der Waals surface area contributed by atoms with E-state index in [1.54, 1.807) is 18.4 Å². The van der Waals surface area contributed by atoms with Gasteiger partial charge >= 0.3 is 0 Å². The lowest BCUT2D eigenvalue weighted by Gasteiger charge is -2.13. The Balaban J connectivity index is 1.51. The Labute approximate surface area is 176 Å². The fourth-order valence-electron chi connectivity index (χ4n) is 2.43. The number of ether oxygens (including phenoxy) is 1. The Morgan fingerprint density at radius 2 is 2.18 bits per heavy atom. The zero-order valence-electron chi connectivity index (χ0n) is 15.9. The number of thiophene rings is 1. The summed E-state index contributed by atoms with van der Waals surface area (Å²) in [6.07, 6.45) is 0.955. The summed E-state index contributed by atoms with van der Waals surface area (Å²) < 4.78 is 6.08. The predicted octanol–water partition coefficient (Wildman–Crippen LogP) is 4.69. The first-order chi connectivity index (χ1) is 13.5. The lowest BCUT2D eigenvalue weighted by molar-refractivity contribution is -0.115. The number of hydrogen-bond acceptors (Lipinski definition) is 8. The molecule has 0 spiro atoms. The van der Waals surface area contributed by atoms with Gasteiger partial charge in [0.25, 0.3) is 0 Å². The molecule has 0 radical (unpaired) electrons. The van der Waals surface area contributed by atoms with Crippen molar-refractivity contribution >= 4 is 51.2 Å². The van der Waals surface area contributed by atoms with Gasteiger partial charge < -0.3 is 15.4 Å². The number of anilines is 2. The van der Waals surface area contributed by atoms with Gasteiger partial charge in [-0.25, -0.2) is 0 Å². The van der Waals surface area contributed by atoms with Crippen LogP contribution in [0.2, 0.25) is 0 Å². The maximum Gasteiger partial charge on any atom is 0.237 e. The first kappa shape index (κ1) is 20.6. The van der Waals surface area contributed by atoms with E-state index in [2.05, 4.69) is 38.3 Å². The van der Waals surface area contributed by atoms with Crippen LogP contribution >= 0.6 is 34.4 Å². The van der Waals surface area contributed by atoms with Crippen LogP contribution in [0, 0.1) is 6.92 Å². The molecule has 9 heteroatoms. The van der Waals surface area contributed by atoms with Crippen LogP contribution in [0.4, 0.5) is 10.8 Å². The van der Waals surface area contributed by atoms with E-state index in [9.17, 15) is 4.79 Å². The van der Waals surface area contributed by atoms with Gasteiger partial charge in [0.05, 0.1) is 18.0 Å². The highest BCUT2D eigenvalue weighted by molar-refractivity contribution is 8.02. The molecule has 0 saturated carbocycles. The average Bonchev–Trinajstić information content (AvgIpc) is 3.34. The molecule has 0 bridgehead atoms. The quantitative estimate of drug-likeness (QED) is 0.476. The van der Waals surface area contributed by atoms with Crippen LogP contribution in [0.1, 0.15) is 17.4 Å². The number of hydrogen-bond donors (Lipinski definition) is 2. The predicted molar refractivity (Wildman–Crippen MR) is 118 cm³/mol. The van der Waals surface area contributed by atoms with Crippen molar-refractivity contribution in [2.75, 3.05) is 24.3 Å². The Morgan fingerprint density at radius 1 is 1.32 bits per heavy atom. The second-order valence-electron chi connectivity index (χ2n) is 6.08. The molecule has 6 nitrogen and oxygen atoms in total. The molecule has 28 heavy (non-hydrogen) atoms. The van der Waals surface area contributed by atoms with Gasteiger partial charge in [-0.3, -0.25) is 4.79 Å². The largest absolute Gasteiger partial charge is 0.495 e. The van der Waals surface area contributed by atoms with Gasteiger partial charge in [-0.1, -0.05) is 35.2 Å². The molecule has 2 aromatic heterocycles. The van der Waals surface area contributed by atoms with E-state index >= 15 is 0 Å². The fourth-order valence-corrected chi connectivity index (χ4v) is 5.07. The molecule has 1 aromatic carbocycles. The van der Waals surface area contributed by atoms with Crippen LogP contribution in [-0.2, 0) is 11.2 Å². The lowest BCUT2D eigenvalue weighted by atomic mass is 10.2. The van der Waals surface area contributed by atoms with Crippen molar-refractivity contribution in [3.05, 3.63) is 46.2 Å². The minimum absolute atomic E-state index is 0.101. The molecule has 3 aromatic rings. The first-order valence-corrected chi connectivity index (χ1v) is 11.3. The number of rotatable bonds is 9. The van der Waals surface area contributed by atoms with Gasteiger partial charge in [-0.2, -0.15) is 0 Å². The van der Waals surface area contributed by atoms with Crippen molar-refractivity contribution in [1.82, 2.24) is 10.2 Å². The smallest absolute Gasteiger partial charge is 0.237 e. The van der Waals surface area contributed by atoms with Crippen molar-refractivity contribution in [3.63, 3.8) is 0 Å². The van der Waals surface area contributed by atoms with E-state index in [0.29, 0.717) is 11.4 Å². The van der Waals surface area contributed by atoms with Crippen LogP contribution in [0.5, 0.6) is 5.75 Å². The van der Waals surface area contributed by atoms with Crippen molar-refractivity contribution < 1.29 is 9.53 Å². The Bertz CT molecular complexity index is 912. The summed E-state index contributed by atoms with van der Waals surface area (Å²) in [6.45, 7) is 4.64. The van der Waals surface area contributed by atoms with Gasteiger partial charge in [0, 0.05) is 11.4 Å². The number of nitrogens with one attached hydrogen (secondary N) is 2. The highest BCUT2D eigenvalue weighted by Gasteiger charge is 2.18. The molecule has 1 atom stereocenters. The van der Waals surface area contributed by atoms with E-state index in [1.165, 1.54) is 28.0 Å². The normalized spacial score (nSPS) is 11.8. The van der Waals surface area contributed by atoms with Crippen LogP contribution in [-0.4, -0.2) is 35.0 Å². The third-order valence-corrected chi connectivity index (χ3v) is 6.90. The Kier molecular flexibility index (Phi) is 7.30. The Morgan fingerprint density at radius 3 is 2.93 bits per heavy atom. The van der Waals surface area contributed by atoms with Crippen LogP contribution in [0.25, 0.3) is 0 Å². The fraction of sp³-hybridized carbons (Fsp3) is 0.316. The summed E-state index contributed by atoms with van der Waals surface area (Å²) >= 11 is 4.60. The standard InChI is InChI=1S/C19H22N4O2S3/c1-12-6-7-16(25-3)15(11-12)21-17(24)13(2)27-19-23-22-18(28-19)20-9-8-14-5-4-10-26-14/h4-7,10-11,13H,8-9H2,1-3H3,(H,20,22)(H,21,24). The number of methoxy groups -OCH3 is 1. The Hall–Kier alpha value is -2.10. The summed E-state index contributed by atoms with van der Waals surface area (Å²) in [5.41, 5.74) is 1.73. The summed E-state index contributed by atoms with van der Waals surface area (Å²) in [5, 5.41) is 17.1. The van der Waals surface area contributed by atoms with E-state index in [1.807, 2.05) is 32.0 Å². The third kappa shape index (κ3) is 5.70. The van der Waals surface area contributed by atoms with E-state index in [0.717, 1.165) is 28.0 Å². The minimum atomic E-state index is -0.308. The number of carbonyl (C=O) groups excluding carboxylic acids is 1. The highest BCUT2D eigenvalue weighted by Crippen LogP contribution is 2.31. The second kappa shape index (κ2) is 9.90. The SMILES string of the molecule is COc1ccc(C)cc1NC(=O)C(C)Sc1nnc(NCCc2cccs2)s1. The summed E-state index contributed by atoms with van der Waals surface area (Å²) in [4.78, 5) is 13.9.